The van der Waals surface area contributed by atoms with Gasteiger partial charge in [-0.25, -0.2) is 0 Å². The van der Waals surface area contributed by atoms with E-state index in [-0.39, 0.29) is 0 Å². The van der Waals surface area contributed by atoms with Crippen LogP contribution in [-0.4, -0.2) is 12.4 Å². The van der Waals surface area contributed by atoms with Gasteiger partial charge < -0.3 is 5.32 Å². The minimum Gasteiger partial charge on any atom is -0.311 e. The van der Waals surface area contributed by atoms with Crippen LogP contribution in [0.4, 0.5) is 0 Å². The van der Waals surface area contributed by atoms with Crippen molar-refractivity contribution in [3.8, 4) is 0 Å². The SMILES string of the molecule is Cc1cc(C)c(CNCCCl)cc1C. The Hall–Kier alpha value is -0.530. The molecule has 0 saturated carbocycles. The summed E-state index contributed by atoms with van der Waals surface area (Å²) in [6, 6.07) is 4.50. The van der Waals surface area contributed by atoms with E-state index in [0.29, 0.717) is 5.88 Å². The van der Waals surface area contributed by atoms with Crippen molar-refractivity contribution in [1.29, 1.82) is 0 Å². The van der Waals surface area contributed by atoms with Crippen LogP contribution in [0.2, 0.25) is 0 Å². The first kappa shape index (κ1) is 11.5. The fourth-order valence-corrected chi connectivity index (χ4v) is 1.63. The molecule has 0 aliphatic rings. The Balaban J connectivity index is 2.72. The summed E-state index contributed by atoms with van der Waals surface area (Å²) >= 11 is 5.60. The predicted octanol–water partition coefficient (Wildman–Crippen LogP) is 2.94. The van der Waals surface area contributed by atoms with Crippen LogP contribution in [0.5, 0.6) is 0 Å². The Morgan fingerprint density at radius 2 is 1.71 bits per heavy atom. The van der Waals surface area contributed by atoms with Crippen LogP contribution >= 0.6 is 11.6 Å². The van der Waals surface area contributed by atoms with Gasteiger partial charge in [-0.2, -0.15) is 0 Å². The van der Waals surface area contributed by atoms with Gasteiger partial charge in [0.15, 0.2) is 0 Å². The minimum absolute atomic E-state index is 0.671. The van der Waals surface area contributed by atoms with Crippen molar-refractivity contribution in [3.63, 3.8) is 0 Å². The third-order valence-electron chi connectivity index (χ3n) is 2.54. The quantitative estimate of drug-likeness (QED) is 0.597. The molecule has 0 unspecified atom stereocenters. The lowest BCUT2D eigenvalue weighted by atomic mass is 10.0. The third-order valence-corrected chi connectivity index (χ3v) is 2.73. The molecule has 1 rings (SSSR count). The lowest BCUT2D eigenvalue weighted by Crippen LogP contribution is -2.16. The van der Waals surface area contributed by atoms with Crippen LogP contribution in [-0.2, 0) is 6.54 Å². The van der Waals surface area contributed by atoms with Crippen molar-refractivity contribution < 1.29 is 0 Å². The van der Waals surface area contributed by atoms with E-state index in [1.165, 1.54) is 22.3 Å². The van der Waals surface area contributed by atoms with Gasteiger partial charge in [0.2, 0.25) is 0 Å². The maximum Gasteiger partial charge on any atom is 0.0348 e. The second kappa shape index (κ2) is 5.38. The molecule has 0 fully saturated rings. The smallest absolute Gasteiger partial charge is 0.0348 e. The zero-order valence-electron chi connectivity index (χ0n) is 9.15. The molecule has 0 spiro atoms. The van der Waals surface area contributed by atoms with Gasteiger partial charge in [-0.05, 0) is 43.0 Å². The fourth-order valence-electron chi connectivity index (χ4n) is 1.50. The van der Waals surface area contributed by atoms with Gasteiger partial charge in [-0.1, -0.05) is 12.1 Å². The van der Waals surface area contributed by atoms with Crippen molar-refractivity contribution in [1.82, 2.24) is 5.32 Å². The molecule has 14 heavy (non-hydrogen) atoms. The standard InChI is InChI=1S/C12H18ClN/c1-9-6-11(3)12(7-10(9)2)8-14-5-4-13/h6-7,14H,4-5,8H2,1-3H3. The summed E-state index contributed by atoms with van der Waals surface area (Å²) < 4.78 is 0. The van der Waals surface area contributed by atoms with Gasteiger partial charge in [0, 0.05) is 19.0 Å². The highest BCUT2D eigenvalue weighted by molar-refractivity contribution is 6.18. The van der Waals surface area contributed by atoms with Crippen molar-refractivity contribution in [3.05, 3.63) is 34.4 Å². The first-order valence-corrected chi connectivity index (χ1v) is 5.52. The van der Waals surface area contributed by atoms with Crippen molar-refractivity contribution >= 4 is 11.6 Å². The molecule has 0 aliphatic heterocycles. The van der Waals surface area contributed by atoms with E-state index in [1.807, 2.05) is 0 Å². The average molecular weight is 212 g/mol. The highest BCUT2D eigenvalue weighted by Crippen LogP contribution is 2.14. The van der Waals surface area contributed by atoms with E-state index in [0.717, 1.165) is 13.1 Å². The maximum atomic E-state index is 5.60. The summed E-state index contributed by atoms with van der Waals surface area (Å²) in [7, 11) is 0. The monoisotopic (exact) mass is 211 g/mol. The van der Waals surface area contributed by atoms with Gasteiger partial charge >= 0.3 is 0 Å². The molecule has 1 aromatic rings. The molecule has 0 radical (unpaired) electrons. The van der Waals surface area contributed by atoms with E-state index in [2.05, 4.69) is 38.2 Å². The molecule has 0 saturated heterocycles. The number of rotatable bonds is 4. The van der Waals surface area contributed by atoms with Gasteiger partial charge in [-0.15, -0.1) is 11.6 Å². The van der Waals surface area contributed by atoms with E-state index in [4.69, 9.17) is 11.6 Å². The van der Waals surface area contributed by atoms with Crippen LogP contribution in [0.15, 0.2) is 12.1 Å². The number of alkyl halides is 1. The van der Waals surface area contributed by atoms with Gasteiger partial charge in [0.05, 0.1) is 0 Å². The molecule has 0 aromatic heterocycles. The van der Waals surface area contributed by atoms with E-state index in [1.54, 1.807) is 0 Å². The van der Waals surface area contributed by atoms with Crippen LogP contribution in [0.3, 0.4) is 0 Å². The van der Waals surface area contributed by atoms with Crippen molar-refractivity contribution in [2.75, 3.05) is 12.4 Å². The minimum atomic E-state index is 0.671. The number of halogens is 1. The number of benzene rings is 1. The van der Waals surface area contributed by atoms with Crippen LogP contribution in [0, 0.1) is 20.8 Å². The first-order valence-electron chi connectivity index (χ1n) is 4.98. The average Bonchev–Trinajstić information content (AvgIpc) is 2.14. The number of aryl methyl sites for hydroxylation is 3. The van der Waals surface area contributed by atoms with Crippen LogP contribution in [0.1, 0.15) is 22.3 Å². The molecule has 0 amide bonds. The summed E-state index contributed by atoms with van der Waals surface area (Å²) in [4.78, 5) is 0. The van der Waals surface area contributed by atoms with E-state index < -0.39 is 0 Å². The van der Waals surface area contributed by atoms with Gasteiger partial charge in [0.25, 0.3) is 0 Å². The summed E-state index contributed by atoms with van der Waals surface area (Å²) in [5.74, 6) is 0.671. The first-order chi connectivity index (χ1) is 6.65. The van der Waals surface area contributed by atoms with Crippen LogP contribution in [0.25, 0.3) is 0 Å². The van der Waals surface area contributed by atoms with Gasteiger partial charge in [-0.3, -0.25) is 0 Å². The van der Waals surface area contributed by atoms with Crippen molar-refractivity contribution in [2.24, 2.45) is 0 Å². The molecular weight excluding hydrogens is 194 g/mol. The van der Waals surface area contributed by atoms with Crippen molar-refractivity contribution in [2.45, 2.75) is 27.3 Å². The molecule has 0 aliphatic carbocycles. The summed E-state index contributed by atoms with van der Waals surface area (Å²) in [5.41, 5.74) is 5.45. The molecular formula is C12H18ClN. The molecule has 0 heterocycles. The van der Waals surface area contributed by atoms with Crippen LogP contribution < -0.4 is 5.32 Å². The highest BCUT2D eigenvalue weighted by Gasteiger charge is 2.00. The number of nitrogens with one attached hydrogen (secondary N) is 1. The molecule has 1 N–H and O–H groups in total. The van der Waals surface area contributed by atoms with E-state index in [9.17, 15) is 0 Å². The lowest BCUT2D eigenvalue weighted by Gasteiger charge is -2.10. The molecule has 78 valence electrons. The zero-order valence-corrected chi connectivity index (χ0v) is 9.91. The maximum absolute atomic E-state index is 5.60. The third kappa shape index (κ3) is 3.00. The Kier molecular flexibility index (Phi) is 4.43. The predicted molar refractivity (Wildman–Crippen MR) is 63.1 cm³/mol. The number of hydrogen-bond donors (Lipinski definition) is 1. The summed E-state index contributed by atoms with van der Waals surface area (Å²) in [6.45, 7) is 8.25. The Morgan fingerprint density at radius 1 is 1.07 bits per heavy atom. The fraction of sp³-hybridized carbons (Fsp3) is 0.500. The second-order valence-electron chi connectivity index (χ2n) is 3.73. The highest BCUT2D eigenvalue weighted by atomic mass is 35.5. The second-order valence-corrected chi connectivity index (χ2v) is 4.11. The van der Waals surface area contributed by atoms with E-state index >= 15 is 0 Å². The Labute approximate surface area is 91.5 Å². The summed E-state index contributed by atoms with van der Waals surface area (Å²) in [6.07, 6.45) is 0. The largest absolute Gasteiger partial charge is 0.311 e. The summed E-state index contributed by atoms with van der Waals surface area (Å²) in [5, 5.41) is 3.31. The number of hydrogen-bond acceptors (Lipinski definition) is 1. The molecule has 2 heteroatoms. The molecule has 1 nitrogen and oxygen atoms in total. The lowest BCUT2D eigenvalue weighted by molar-refractivity contribution is 0.726. The normalized spacial score (nSPS) is 10.6. The molecule has 1 aromatic carbocycles. The Morgan fingerprint density at radius 3 is 2.36 bits per heavy atom. The van der Waals surface area contributed by atoms with Gasteiger partial charge in [0.1, 0.15) is 0 Å². The zero-order chi connectivity index (χ0) is 10.6. The molecule has 0 bridgehead atoms. The molecule has 0 atom stereocenters. The Bertz CT molecular complexity index is 307. The topological polar surface area (TPSA) is 12.0 Å².